The molecule has 2 aliphatic heterocycles. The summed E-state index contributed by atoms with van der Waals surface area (Å²) in [5.41, 5.74) is 0.0986. The average Bonchev–Trinajstić information content (AvgIpc) is 2.67. The molecule has 1 unspecified atom stereocenters. The Balaban J connectivity index is 0.00000280. The van der Waals surface area contributed by atoms with Crippen molar-refractivity contribution in [2.24, 2.45) is 5.92 Å². The summed E-state index contributed by atoms with van der Waals surface area (Å²) in [5.74, 6) is -0.705. The Bertz CT molecular complexity index is 692. The number of rotatable bonds is 4. The van der Waals surface area contributed by atoms with E-state index < -0.39 is 6.61 Å². The van der Waals surface area contributed by atoms with Crippen molar-refractivity contribution < 1.29 is 23.1 Å². The number of piperazine rings is 1. The molecule has 156 valence electrons. The molecule has 2 heterocycles. The zero-order chi connectivity index (χ0) is 19.4. The molecule has 1 aromatic carbocycles. The Morgan fingerprint density at radius 1 is 1.25 bits per heavy atom. The molecule has 0 radical (unpaired) electrons. The minimum absolute atomic E-state index is 0. The fourth-order valence-corrected chi connectivity index (χ4v) is 3.78. The van der Waals surface area contributed by atoms with Gasteiger partial charge in [0.15, 0.2) is 0 Å². The van der Waals surface area contributed by atoms with Crippen molar-refractivity contribution in [3.63, 3.8) is 0 Å². The van der Waals surface area contributed by atoms with Crippen molar-refractivity contribution in [2.45, 2.75) is 32.4 Å². The number of likely N-dealkylation sites (tertiary alicyclic amines) is 1. The van der Waals surface area contributed by atoms with Gasteiger partial charge in [-0.3, -0.25) is 9.59 Å². The van der Waals surface area contributed by atoms with E-state index in [4.69, 9.17) is 0 Å². The van der Waals surface area contributed by atoms with Crippen LogP contribution in [0.4, 0.5) is 8.78 Å². The Kier molecular flexibility index (Phi) is 8.00. The predicted octanol–water partition coefficient (Wildman–Crippen LogP) is 2.38. The number of halogens is 3. The van der Waals surface area contributed by atoms with Gasteiger partial charge in [0.05, 0.1) is 11.5 Å². The summed E-state index contributed by atoms with van der Waals surface area (Å²) in [6, 6.07) is 6.11. The quantitative estimate of drug-likeness (QED) is 0.817. The number of piperidine rings is 1. The first-order valence-electron chi connectivity index (χ1n) is 9.31. The lowest BCUT2D eigenvalue weighted by Gasteiger charge is -2.39. The van der Waals surface area contributed by atoms with Crippen molar-refractivity contribution in [1.29, 1.82) is 0 Å². The smallest absolute Gasteiger partial charge is 0.387 e. The molecule has 2 aliphatic rings. The van der Waals surface area contributed by atoms with Crippen LogP contribution < -0.4 is 10.1 Å². The van der Waals surface area contributed by atoms with E-state index in [0.29, 0.717) is 26.1 Å². The Hall–Kier alpha value is -1.93. The zero-order valence-corrected chi connectivity index (χ0v) is 16.6. The van der Waals surface area contributed by atoms with E-state index in [9.17, 15) is 18.4 Å². The van der Waals surface area contributed by atoms with Crippen molar-refractivity contribution in [2.75, 3.05) is 32.7 Å². The van der Waals surface area contributed by atoms with Crippen molar-refractivity contribution in [3.05, 3.63) is 29.8 Å². The first kappa shape index (κ1) is 22.4. The molecule has 2 atom stereocenters. The molecular weight excluding hydrogens is 392 g/mol. The highest BCUT2D eigenvalue weighted by molar-refractivity contribution is 5.97. The third-order valence-corrected chi connectivity index (χ3v) is 5.18. The van der Waals surface area contributed by atoms with Crippen LogP contribution in [0.25, 0.3) is 0 Å². The van der Waals surface area contributed by atoms with Gasteiger partial charge in [-0.15, -0.1) is 12.4 Å². The molecule has 0 aromatic heterocycles. The lowest BCUT2D eigenvalue weighted by Crippen LogP contribution is -2.55. The number of carbonyl (C=O) groups excluding carboxylic acids is 2. The Morgan fingerprint density at radius 3 is 2.71 bits per heavy atom. The number of para-hydroxylation sites is 1. The average molecular weight is 418 g/mol. The first-order chi connectivity index (χ1) is 13.0. The molecule has 2 fully saturated rings. The first-order valence-corrected chi connectivity index (χ1v) is 9.31. The number of alkyl halides is 2. The lowest BCUT2D eigenvalue weighted by atomic mass is 9.95. The number of hydrogen-bond acceptors (Lipinski definition) is 4. The van der Waals surface area contributed by atoms with Crippen LogP contribution in [0.2, 0.25) is 0 Å². The molecule has 0 spiro atoms. The second kappa shape index (κ2) is 10.0. The minimum Gasteiger partial charge on any atom is -0.434 e. The van der Waals surface area contributed by atoms with Gasteiger partial charge in [-0.05, 0) is 31.9 Å². The molecule has 2 amide bonds. The zero-order valence-electron chi connectivity index (χ0n) is 15.8. The third kappa shape index (κ3) is 5.11. The van der Waals surface area contributed by atoms with Crippen LogP contribution in [0.15, 0.2) is 24.3 Å². The fraction of sp³-hybridized carbons (Fsp3) is 0.579. The van der Waals surface area contributed by atoms with Crippen LogP contribution in [0.1, 0.15) is 30.1 Å². The highest BCUT2D eigenvalue weighted by Crippen LogP contribution is 2.26. The standard InChI is InChI=1S/C19H25F2N3O3.ClH/c1-13-11-22-8-10-24(13)17(25)14-5-4-9-23(12-14)18(26)15-6-2-3-7-16(15)27-19(20)21;/h2-3,6-7,13-14,19,22H,4-5,8-12H2,1H3;1H/t13-,14?;/m0./s1. The summed E-state index contributed by atoms with van der Waals surface area (Å²) < 4.78 is 29.7. The van der Waals surface area contributed by atoms with E-state index in [1.165, 1.54) is 12.1 Å². The monoisotopic (exact) mass is 417 g/mol. The van der Waals surface area contributed by atoms with Crippen LogP contribution in [-0.2, 0) is 4.79 Å². The van der Waals surface area contributed by atoms with E-state index >= 15 is 0 Å². The van der Waals surface area contributed by atoms with Gasteiger partial charge in [-0.2, -0.15) is 8.78 Å². The van der Waals surface area contributed by atoms with Gasteiger partial charge in [0.25, 0.3) is 5.91 Å². The van der Waals surface area contributed by atoms with Gasteiger partial charge < -0.3 is 19.9 Å². The van der Waals surface area contributed by atoms with E-state index in [1.54, 1.807) is 17.0 Å². The Labute approximate surface area is 169 Å². The number of benzene rings is 1. The molecule has 2 saturated heterocycles. The second-order valence-electron chi connectivity index (χ2n) is 7.05. The summed E-state index contributed by atoms with van der Waals surface area (Å²) >= 11 is 0. The summed E-state index contributed by atoms with van der Waals surface area (Å²) in [7, 11) is 0. The van der Waals surface area contributed by atoms with Crippen LogP contribution >= 0.6 is 12.4 Å². The van der Waals surface area contributed by atoms with Crippen LogP contribution in [-0.4, -0.2) is 67.0 Å². The molecule has 1 N–H and O–H groups in total. The number of nitrogens with zero attached hydrogens (tertiary/aromatic N) is 2. The van der Waals surface area contributed by atoms with Gasteiger partial charge in [0.2, 0.25) is 5.91 Å². The predicted molar refractivity (Wildman–Crippen MR) is 103 cm³/mol. The molecule has 0 aliphatic carbocycles. The highest BCUT2D eigenvalue weighted by atomic mass is 35.5. The van der Waals surface area contributed by atoms with E-state index in [0.717, 1.165) is 19.5 Å². The molecular formula is C19H26ClF2N3O3. The van der Waals surface area contributed by atoms with E-state index in [1.807, 2.05) is 11.8 Å². The molecule has 28 heavy (non-hydrogen) atoms. The maximum atomic E-state index is 12.9. The van der Waals surface area contributed by atoms with E-state index in [-0.39, 0.29) is 47.5 Å². The number of amides is 2. The number of hydrogen-bond donors (Lipinski definition) is 1. The van der Waals surface area contributed by atoms with Crippen LogP contribution in [0.3, 0.4) is 0 Å². The van der Waals surface area contributed by atoms with Crippen LogP contribution in [0, 0.1) is 5.92 Å². The van der Waals surface area contributed by atoms with Gasteiger partial charge in [-0.25, -0.2) is 0 Å². The Morgan fingerprint density at radius 2 is 2.00 bits per heavy atom. The largest absolute Gasteiger partial charge is 0.434 e. The van der Waals surface area contributed by atoms with Gasteiger partial charge in [-0.1, -0.05) is 12.1 Å². The third-order valence-electron chi connectivity index (χ3n) is 5.18. The summed E-state index contributed by atoms with van der Waals surface area (Å²) in [6.07, 6.45) is 1.44. The summed E-state index contributed by atoms with van der Waals surface area (Å²) in [5, 5.41) is 3.26. The molecule has 1 aromatic rings. The molecule has 9 heteroatoms. The fourth-order valence-electron chi connectivity index (χ4n) is 3.78. The minimum atomic E-state index is -3.00. The summed E-state index contributed by atoms with van der Waals surface area (Å²) in [6.45, 7) is 2.01. The number of ether oxygens (including phenoxy) is 1. The van der Waals surface area contributed by atoms with Gasteiger partial charge in [0, 0.05) is 38.8 Å². The normalized spacial score (nSPS) is 22.6. The van der Waals surface area contributed by atoms with Crippen molar-refractivity contribution in [3.8, 4) is 5.75 Å². The molecule has 0 bridgehead atoms. The molecule has 3 rings (SSSR count). The SMILES string of the molecule is C[C@H]1CNCCN1C(=O)C1CCCN(C(=O)c2ccccc2OC(F)F)C1.Cl. The second-order valence-corrected chi connectivity index (χ2v) is 7.05. The maximum Gasteiger partial charge on any atom is 0.387 e. The van der Waals surface area contributed by atoms with Crippen molar-refractivity contribution >= 4 is 24.2 Å². The number of nitrogens with one attached hydrogen (secondary N) is 1. The van der Waals surface area contributed by atoms with Gasteiger partial charge >= 0.3 is 6.61 Å². The topological polar surface area (TPSA) is 61.9 Å². The number of carbonyl (C=O) groups is 2. The molecule has 6 nitrogen and oxygen atoms in total. The summed E-state index contributed by atoms with van der Waals surface area (Å²) in [4.78, 5) is 29.2. The van der Waals surface area contributed by atoms with Crippen LogP contribution in [0.5, 0.6) is 5.75 Å². The van der Waals surface area contributed by atoms with Gasteiger partial charge in [0.1, 0.15) is 5.75 Å². The van der Waals surface area contributed by atoms with Crippen molar-refractivity contribution in [1.82, 2.24) is 15.1 Å². The highest BCUT2D eigenvalue weighted by Gasteiger charge is 2.34. The lowest BCUT2D eigenvalue weighted by molar-refractivity contribution is -0.139. The van der Waals surface area contributed by atoms with E-state index in [2.05, 4.69) is 10.1 Å². The molecule has 0 saturated carbocycles. The maximum absolute atomic E-state index is 12.9.